The molecule has 1 unspecified atom stereocenters. The fraction of sp³-hybridized carbons (Fsp3) is 0.286. The van der Waals surface area contributed by atoms with E-state index in [-0.39, 0.29) is 18.6 Å². The van der Waals surface area contributed by atoms with Gasteiger partial charge in [-0.25, -0.2) is 0 Å². The van der Waals surface area contributed by atoms with E-state index in [1.165, 1.54) is 0 Å². The van der Waals surface area contributed by atoms with Gasteiger partial charge in [-0.2, -0.15) is 4.98 Å². The van der Waals surface area contributed by atoms with E-state index in [1.807, 2.05) is 30.3 Å². The standard InChI is InChI=1S/C21H21N3O4/c1-26-16-9-11-17(12-10-16)27-14-19(25)24-13-5-8-18(24)21-22-20(23-28-21)15-6-3-2-4-7-15/h2-4,6-7,9-12,18H,5,8,13-14H2,1H3. The van der Waals surface area contributed by atoms with Crippen LogP contribution in [0.25, 0.3) is 11.4 Å². The molecule has 1 aromatic heterocycles. The van der Waals surface area contributed by atoms with E-state index in [0.717, 1.165) is 24.2 Å². The summed E-state index contributed by atoms with van der Waals surface area (Å²) in [6.45, 7) is 0.612. The van der Waals surface area contributed by atoms with Crippen LogP contribution in [-0.4, -0.2) is 41.2 Å². The molecule has 0 saturated carbocycles. The van der Waals surface area contributed by atoms with Crippen molar-refractivity contribution in [2.45, 2.75) is 18.9 Å². The first-order chi connectivity index (χ1) is 13.7. The first kappa shape index (κ1) is 18.0. The van der Waals surface area contributed by atoms with Crippen molar-refractivity contribution in [1.29, 1.82) is 0 Å². The van der Waals surface area contributed by atoms with Crippen LogP contribution in [0.15, 0.2) is 59.1 Å². The molecule has 2 heterocycles. The summed E-state index contributed by atoms with van der Waals surface area (Å²) in [6.07, 6.45) is 1.69. The number of methoxy groups -OCH3 is 1. The SMILES string of the molecule is COc1ccc(OCC(=O)N2CCCC2c2nc(-c3ccccc3)no2)cc1. The van der Waals surface area contributed by atoms with Gasteiger partial charge in [0.15, 0.2) is 6.61 Å². The predicted octanol–water partition coefficient (Wildman–Crippen LogP) is 3.49. The van der Waals surface area contributed by atoms with Gasteiger partial charge in [0.05, 0.1) is 7.11 Å². The van der Waals surface area contributed by atoms with Crippen molar-refractivity contribution in [1.82, 2.24) is 15.0 Å². The zero-order valence-corrected chi connectivity index (χ0v) is 15.6. The zero-order chi connectivity index (χ0) is 19.3. The number of carbonyl (C=O) groups is 1. The second-order valence-electron chi connectivity index (χ2n) is 6.53. The molecule has 7 heteroatoms. The summed E-state index contributed by atoms with van der Waals surface area (Å²) >= 11 is 0. The molecule has 4 rings (SSSR count). The Morgan fingerprint density at radius 2 is 1.89 bits per heavy atom. The van der Waals surface area contributed by atoms with Gasteiger partial charge in [-0.3, -0.25) is 4.79 Å². The minimum atomic E-state index is -0.211. The summed E-state index contributed by atoms with van der Waals surface area (Å²) in [5.74, 6) is 2.26. The minimum absolute atomic E-state index is 0.0392. The number of amides is 1. The molecule has 2 aromatic carbocycles. The summed E-state index contributed by atoms with van der Waals surface area (Å²) in [5.41, 5.74) is 0.885. The summed E-state index contributed by atoms with van der Waals surface area (Å²) in [6, 6.07) is 16.6. The van der Waals surface area contributed by atoms with E-state index in [2.05, 4.69) is 10.1 Å². The van der Waals surface area contributed by atoms with Crippen molar-refractivity contribution in [2.75, 3.05) is 20.3 Å². The number of benzene rings is 2. The average molecular weight is 379 g/mol. The third-order valence-corrected chi connectivity index (χ3v) is 4.75. The van der Waals surface area contributed by atoms with E-state index < -0.39 is 0 Å². The van der Waals surface area contributed by atoms with Gasteiger partial charge >= 0.3 is 0 Å². The van der Waals surface area contributed by atoms with Crippen LogP contribution >= 0.6 is 0 Å². The lowest BCUT2D eigenvalue weighted by atomic mass is 10.2. The average Bonchev–Trinajstić information content (AvgIpc) is 3.42. The number of nitrogens with zero attached hydrogens (tertiary/aromatic N) is 3. The Hall–Kier alpha value is -3.35. The second kappa shape index (κ2) is 8.12. The number of hydrogen-bond donors (Lipinski definition) is 0. The number of hydrogen-bond acceptors (Lipinski definition) is 6. The second-order valence-corrected chi connectivity index (χ2v) is 6.53. The zero-order valence-electron chi connectivity index (χ0n) is 15.6. The number of aromatic nitrogens is 2. The Bertz CT molecular complexity index is 924. The Labute approximate surface area is 162 Å². The van der Waals surface area contributed by atoms with Gasteiger partial charge < -0.3 is 18.9 Å². The topological polar surface area (TPSA) is 77.7 Å². The van der Waals surface area contributed by atoms with Gasteiger partial charge in [0.2, 0.25) is 11.7 Å². The molecule has 0 spiro atoms. The maximum atomic E-state index is 12.7. The first-order valence-corrected chi connectivity index (χ1v) is 9.20. The van der Waals surface area contributed by atoms with Gasteiger partial charge in [0.1, 0.15) is 17.5 Å². The summed E-state index contributed by atoms with van der Waals surface area (Å²) < 4.78 is 16.2. The highest BCUT2D eigenvalue weighted by molar-refractivity contribution is 5.78. The molecule has 7 nitrogen and oxygen atoms in total. The van der Waals surface area contributed by atoms with Crippen molar-refractivity contribution < 1.29 is 18.8 Å². The maximum absolute atomic E-state index is 12.7. The molecule has 1 atom stereocenters. The lowest BCUT2D eigenvalue weighted by molar-refractivity contribution is -0.134. The molecule has 0 radical (unpaired) electrons. The van der Waals surface area contributed by atoms with Crippen LogP contribution in [0.1, 0.15) is 24.8 Å². The van der Waals surface area contributed by atoms with Crippen molar-refractivity contribution in [3.05, 3.63) is 60.5 Å². The molecule has 28 heavy (non-hydrogen) atoms. The fourth-order valence-corrected chi connectivity index (χ4v) is 3.30. The van der Waals surface area contributed by atoms with E-state index >= 15 is 0 Å². The van der Waals surface area contributed by atoms with E-state index in [9.17, 15) is 4.79 Å². The van der Waals surface area contributed by atoms with Gasteiger partial charge in [-0.05, 0) is 37.1 Å². The van der Waals surface area contributed by atoms with Crippen molar-refractivity contribution >= 4 is 5.91 Å². The highest BCUT2D eigenvalue weighted by atomic mass is 16.5. The third-order valence-electron chi connectivity index (χ3n) is 4.75. The largest absolute Gasteiger partial charge is 0.497 e. The highest BCUT2D eigenvalue weighted by Crippen LogP contribution is 2.32. The van der Waals surface area contributed by atoms with E-state index in [4.69, 9.17) is 14.0 Å². The quantitative estimate of drug-likeness (QED) is 0.652. The Kier molecular flexibility index (Phi) is 5.23. The van der Waals surface area contributed by atoms with Crippen LogP contribution in [0.4, 0.5) is 0 Å². The molecule has 0 N–H and O–H groups in total. The highest BCUT2D eigenvalue weighted by Gasteiger charge is 2.34. The van der Waals surface area contributed by atoms with Crippen LogP contribution < -0.4 is 9.47 Å². The molecule has 1 fully saturated rings. The van der Waals surface area contributed by atoms with Gasteiger partial charge in [-0.1, -0.05) is 35.5 Å². The number of carbonyl (C=O) groups excluding carboxylic acids is 1. The van der Waals surface area contributed by atoms with Crippen LogP contribution in [0.5, 0.6) is 11.5 Å². The molecule has 1 amide bonds. The molecule has 0 bridgehead atoms. The molecule has 0 aliphatic carbocycles. The maximum Gasteiger partial charge on any atom is 0.261 e. The predicted molar refractivity (Wildman–Crippen MR) is 102 cm³/mol. The van der Waals surface area contributed by atoms with Crippen molar-refractivity contribution in [3.8, 4) is 22.9 Å². The lowest BCUT2D eigenvalue weighted by Gasteiger charge is -2.21. The van der Waals surface area contributed by atoms with E-state index in [0.29, 0.717) is 24.0 Å². The number of likely N-dealkylation sites (tertiary alicyclic amines) is 1. The molecule has 144 valence electrons. The number of rotatable bonds is 6. The molecule has 1 aliphatic heterocycles. The monoisotopic (exact) mass is 379 g/mol. The van der Waals surface area contributed by atoms with Gasteiger partial charge in [0, 0.05) is 12.1 Å². The van der Waals surface area contributed by atoms with Crippen LogP contribution in [-0.2, 0) is 4.79 Å². The summed E-state index contributed by atoms with van der Waals surface area (Å²) in [7, 11) is 1.60. The molecular formula is C21H21N3O4. The first-order valence-electron chi connectivity index (χ1n) is 9.20. The molecule has 1 saturated heterocycles. The smallest absolute Gasteiger partial charge is 0.261 e. The molecular weight excluding hydrogens is 358 g/mol. The van der Waals surface area contributed by atoms with Crippen molar-refractivity contribution in [2.24, 2.45) is 0 Å². The number of ether oxygens (including phenoxy) is 2. The van der Waals surface area contributed by atoms with Gasteiger partial charge in [0.25, 0.3) is 5.91 Å². The third kappa shape index (κ3) is 3.83. The Balaban J connectivity index is 1.41. The Morgan fingerprint density at radius 3 is 2.64 bits per heavy atom. The van der Waals surface area contributed by atoms with Gasteiger partial charge in [-0.15, -0.1) is 0 Å². The van der Waals surface area contributed by atoms with Crippen molar-refractivity contribution in [3.63, 3.8) is 0 Å². The van der Waals surface area contributed by atoms with E-state index in [1.54, 1.807) is 36.3 Å². The van der Waals surface area contributed by atoms with Crippen LogP contribution in [0, 0.1) is 0 Å². The lowest BCUT2D eigenvalue weighted by Crippen LogP contribution is -2.34. The van der Waals surface area contributed by atoms with Crippen LogP contribution in [0.3, 0.4) is 0 Å². The fourth-order valence-electron chi connectivity index (χ4n) is 3.30. The molecule has 1 aliphatic rings. The molecule has 3 aromatic rings. The normalized spacial score (nSPS) is 16.2. The minimum Gasteiger partial charge on any atom is -0.497 e. The summed E-state index contributed by atoms with van der Waals surface area (Å²) in [5, 5.41) is 4.07. The van der Waals surface area contributed by atoms with Crippen LogP contribution in [0.2, 0.25) is 0 Å². The Morgan fingerprint density at radius 1 is 1.14 bits per heavy atom. The summed E-state index contributed by atoms with van der Waals surface area (Å²) in [4.78, 5) is 19.0.